The molecule has 0 radical (unpaired) electrons. The SMILES string of the molecule is CC1(C)N=C(N)N=C(N)N1CCCc1ccccc1.Cl. The lowest BCUT2D eigenvalue weighted by Crippen LogP contribution is -2.54. The van der Waals surface area contributed by atoms with Crippen LogP contribution in [0.3, 0.4) is 0 Å². The van der Waals surface area contributed by atoms with E-state index in [9.17, 15) is 0 Å². The predicted octanol–water partition coefficient (Wildman–Crippen LogP) is 1.72. The second kappa shape index (κ2) is 6.61. The number of benzene rings is 1. The molecule has 1 aromatic carbocycles. The summed E-state index contributed by atoms with van der Waals surface area (Å²) >= 11 is 0. The van der Waals surface area contributed by atoms with Crippen molar-refractivity contribution in [1.82, 2.24) is 4.90 Å². The molecule has 0 saturated carbocycles. The lowest BCUT2D eigenvalue weighted by molar-refractivity contribution is 0.215. The molecule has 0 fully saturated rings. The fourth-order valence-electron chi connectivity index (χ4n) is 2.30. The molecule has 0 saturated heterocycles. The molecule has 0 unspecified atom stereocenters. The first-order valence-electron chi connectivity index (χ1n) is 6.50. The average molecular weight is 296 g/mol. The van der Waals surface area contributed by atoms with E-state index < -0.39 is 5.66 Å². The Labute approximate surface area is 126 Å². The van der Waals surface area contributed by atoms with Crippen LogP contribution in [-0.4, -0.2) is 29.0 Å². The number of nitrogens with two attached hydrogens (primary N) is 2. The van der Waals surface area contributed by atoms with Crippen LogP contribution in [0.5, 0.6) is 0 Å². The van der Waals surface area contributed by atoms with Gasteiger partial charge in [0.2, 0.25) is 11.9 Å². The Balaban J connectivity index is 0.00000200. The molecule has 0 amide bonds. The number of rotatable bonds is 4. The highest BCUT2D eigenvalue weighted by Crippen LogP contribution is 2.20. The van der Waals surface area contributed by atoms with Crippen molar-refractivity contribution in [2.75, 3.05) is 6.54 Å². The lowest BCUT2D eigenvalue weighted by Gasteiger charge is -2.38. The molecular weight excluding hydrogens is 274 g/mol. The Hall–Kier alpha value is -1.75. The highest BCUT2D eigenvalue weighted by atomic mass is 35.5. The zero-order chi connectivity index (χ0) is 13.9. The van der Waals surface area contributed by atoms with Crippen LogP contribution in [0.1, 0.15) is 25.8 Å². The molecule has 1 aliphatic heterocycles. The number of halogens is 1. The molecule has 1 heterocycles. The van der Waals surface area contributed by atoms with Crippen molar-refractivity contribution in [3.05, 3.63) is 35.9 Å². The first-order chi connectivity index (χ1) is 8.99. The van der Waals surface area contributed by atoms with E-state index in [4.69, 9.17) is 11.5 Å². The largest absolute Gasteiger partial charge is 0.369 e. The molecule has 0 spiro atoms. The summed E-state index contributed by atoms with van der Waals surface area (Å²) in [7, 11) is 0. The van der Waals surface area contributed by atoms with Crippen molar-refractivity contribution in [2.45, 2.75) is 32.4 Å². The molecule has 4 N–H and O–H groups in total. The summed E-state index contributed by atoms with van der Waals surface area (Å²) < 4.78 is 0. The molecule has 20 heavy (non-hydrogen) atoms. The zero-order valence-corrected chi connectivity index (χ0v) is 12.7. The summed E-state index contributed by atoms with van der Waals surface area (Å²) in [6.45, 7) is 4.79. The fourth-order valence-corrected chi connectivity index (χ4v) is 2.30. The molecule has 1 aliphatic rings. The minimum absolute atomic E-state index is 0. The topological polar surface area (TPSA) is 80.0 Å². The fraction of sp³-hybridized carbons (Fsp3) is 0.429. The number of aliphatic imine (C=N–C) groups is 2. The number of aryl methyl sites for hydroxylation is 1. The van der Waals surface area contributed by atoms with Gasteiger partial charge in [-0.05, 0) is 32.3 Å². The van der Waals surface area contributed by atoms with E-state index in [2.05, 4.69) is 34.3 Å². The predicted molar refractivity (Wildman–Crippen MR) is 86.0 cm³/mol. The summed E-state index contributed by atoms with van der Waals surface area (Å²) in [5.41, 5.74) is 12.5. The minimum atomic E-state index is -0.424. The van der Waals surface area contributed by atoms with E-state index >= 15 is 0 Å². The van der Waals surface area contributed by atoms with Crippen LogP contribution in [-0.2, 0) is 6.42 Å². The van der Waals surface area contributed by atoms with E-state index in [1.807, 2.05) is 24.8 Å². The van der Waals surface area contributed by atoms with Crippen LogP contribution in [0.15, 0.2) is 40.3 Å². The van der Waals surface area contributed by atoms with Gasteiger partial charge in [-0.1, -0.05) is 30.3 Å². The van der Waals surface area contributed by atoms with E-state index in [-0.39, 0.29) is 18.4 Å². The molecule has 0 aromatic heterocycles. The first kappa shape index (κ1) is 16.3. The average Bonchev–Trinajstić information content (AvgIpc) is 2.33. The zero-order valence-electron chi connectivity index (χ0n) is 11.9. The Bertz CT molecular complexity index is 496. The van der Waals surface area contributed by atoms with Crippen molar-refractivity contribution < 1.29 is 0 Å². The van der Waals surface area contributed by atoms with Crippen LogP contribution in [0.25, 0.3) is 0 Å². The molecule has 5 nitrogen and oxygen atoms in total. The van der Waals surface area contributed by atoms with Gasteiger partial charge in [0.15, 0.2) is 0 Å². The van der Waals surface area contributed by atoms with E-state index in [0.717, 1.165) is 19.4 Å². The normalized spacial score (nSPS) is 17.0. The quantitative estimate of drug-likeness (QED) is 0.887. The summed E-state index contributed by atoms with van der Waals surface area (Å²) in [5.74, 6) is 0.701. The number of nitrogens with zero attached hydrogens (tertiary/aromatic N) is 3. The Kier molecular flexibility index (Phi) is 5.39. The van der Waals surface area contributed by atoms with Gasteiger partial charge in [0, 0.05) is 6.54 Å². The molecular formula is C14H22ClN5. The number of hydrogen-bond acceptors (Lipinski definition) is 5. The van der Waals surface area contributed by atoms with Crippen LogP contribution in [0.4, 0.5) is 0 Å². The standard InChI is InChI=1S/C14H21N5.ClH/c1-14(2)18-12(15)17-13(16)19(14)10-6-9-11-7-4-3-5-8-11;/h3-5,7-8H,6,9-10H2,1-2H3,(H4,15,16,17,18);1H. The smallest absolute Gasteiger partial charge is 0.220 e. The maximum absolute atomic E-state index is 5.94. The number of guanidine groups is 2. The third kappa shape index (κ3) is 3.87. The van der Waals surface area contributed by atoms with E-state index in [0.29, 0.717) is 5.96 Å². The van der Waals surface area contributed by atoms with Gasteiger partial charge in [-0.15, -0.1) is 12.4 Å². The van der Waals surface area contributed by atoms with Gasteiger partial charge < -0.3 is 16.4 Å². The summed E-state index contributed by atoms with van der Waals surface area (Å²) in [6, 6.07) is 10.4. The number of hydrogen-bond donors (Lipinski definition) is 2. The van der Waals surface area contributed by atoms with Crippen LogP contribution in [0.2, 0.25) is 0 Å². The highest BCUT2D eigenvalue weighted by Gasteiger charge is 2.30. The molecule has 0 atom stereocenters. The summed E-state index contributed by atoms with van der Waals surface area (Å²) in [5, 5.41) is 0. The van der Waals surface area contributed by atoms with Crippen LogP contribution in [0, 0.1) is 0 Å². The second-order valence-electron chi connectivity index (χ2n) is 5.18. The molecule has 110 valence electrons. The third-order valence-electron chi connectivity index (χ3n) is 3.24. The summed E-state index contributed by atoms with van der Waals surface area (Å²) in [6.07, 6.45) is 2.01. The lowest BCUT2D eigenvalue weighted by atomic mass is 10.1. The van der Waals surface area contributed by atoms with Crippen molar-refractivity contribution >= 4 is 24.3 Å². The molecule has 0 aliphatic carbocycles. The van der Waals surface area contributed by atoms with Gasteiger partial charge >= 0.3 is 0 Å². The van der Waals surface area contributed by atoms with Gasteiger partial charge in [-0.25, -0.2) is 4.99 Å². The maximum atomic E-state index is 5.94. The van der Waals surface area contributed by atoms with E-state index in [1.165, 1.54) is 5.56 Å². The Morgan fingerprint density at radius 3 is 2.40 bits per heavy atom. The Morgan fingerprint density at radius 1 is 1.15 bits per heavy atom. The van der Waals surface area contributed by atoms with Gasteiger partial charge in [0.1, 0.15) is 5.66 Å². The highest BCUT2D eigenvalue weighted by molar-refractivity contribution is 5.95. The van der Waals surface area contributed by atoms with Crippen molar-refractivity contribution in [3.63, 3.8) is 0 Å². The maximum Gasteiger partial charge on any atom is 0.220 e. The van der Waals surface area contributed by atoms with E-state index in [1.54, 1.807) is 0 Å². The molecule has 2 rings (SSSR count). The van der Waals surface area contributed by atoms with Gasteiger partial charge in [-0.2, -0.15) is 4.99 Å². The van der Waals surface area contributed by atoms with Crippen molar-refractivity contribution in [2.24, 2.45) is 21.5 Å². The Morgan fingerprint density at radius 2 is 1.80 bits per heavy atom. The van der Waals surface area contributed by atoms with Crippen LogP contribution >= 0.6 is 12.4 Å². The van der Waals surface area contributed by atoms with Gasteiger partial charge in [0.05, 0.1) is 0 Å². The molecule has 0 bridgehead atoms. The minimum Gasteiger partial charge on any atom is -0.369 e. The molecule has 1 aromatic rings. The van der Waals surface area contributed by atoms with Crippen molar-refractivity contribution in [3.8, 4) is 0 Å². The third-order valence-corrected chi connectivity index (χ3v) is 3.24. The van der Waals surface area contributed by atoms with Crippen LogP contribution < -0.4 is 11.5 Å². The first-order valence-corrected chi connectivity index (χ1v) is 6.50. The van der Waals surface area contributed by atoms with Gasteiger partial charge in [0.25, 0.3) is 0 Å². The summed E-state index contributed by atoms with van der Waals surface area (Å²) in [4.78, 5) is 10.4. The van der Waals surface area contributed by atoms with Gasteiger partial charge in [-0.3, -0.25) is 0 Å². The monoisotopic (exact) mass is 295 g/mol. The molecule has 6 heteroatoms. The van der Waals surface area contributed by atoms with Crippen molar-refractivity contribution in [1.29, 1.82) is 0 Å². The second-order valence-corrected chi connectivity index (χ2v) is 5.18.